The van der Waals surface area contributed by atoms with Crippen LogP contribution < -0.4 is 0 Å². The number of nitrogens with zero attached hydrogens (tertiary/aromatic N) is 2. The van der Waals surface area contributed by atoms with Crippen LogP contribution in [0.25, 0.3) is 0 Å². The highest BCUT2D eigenvalue weighted by Crippen LogP contribution is 2.46. The van der Waals surface area contributed by atoms with Crippen LogP contribution in [-0.2, 0) is 4.79 Å². The molecule has 3 nitrogen and oxygen atoms in total. The SMILES string of the molecule is O=C1[C@@H]2CS[C@H](c3ccc(Cl)cc3)N2C(=S)N1C1CCCCC1. The van der Waals surface area contributed by atoms with Crippen molar-refractivity contribution in [3.8, 4) is 0 Å². The summed E-state index contributed by atoms with van der Waals surface area (Å²) in [5, 5.41) is 1.59. The van der Waals surface area contributed by atoms with Crippen LogP contribution in [0.15, 0.2) is 24.3 Å². The lowest BCUT2D eigenvalue weighted by atomic mass is 9.94. The second kappa shape index (κ2) is 6.26. The second-order valence-corrected chi connectivity index (χ2v) is 8.36. The molecule has 1 amide bonds. The van der Waals surface area contributed by atoms with Crippen LogP contribution in [0.3, 0.4) is 0 Å². The first-order valence-corrected chi connectivity index (χ1v) is 10.0. The molecule has 1 aliphatic carbocycles. The molecule has 0 spiro atoms. The molecule has 0 N–H and O–H groups in total. The van der Waals surface area contributed by atoms with E-state index in [-0.39, 0.29) is 17.3 Å². The van der Waals surface area contributed by atoms with Crippen molar-refractivity contribution >= 4 is 46.6 Å². The van der Waals surface area contributed by atoms with Crippen molar-refractivity contribution in [2.45, 2.75) is 49.6 Å². The molecule has 1 aromatic carbocycles. The molecule has 2 heterocycles. The number of thioether (sulfide) groups is 1. The van der Waals surface area contributed by atoms with Gasteiger partial charge in [0.2, 0.25) is 0 Å². The number of hydrogen-bond donors (Lipinski definition) is 0. The molecule has 122 valence electrons. The molecule has 23 heavy (non-hydrogen) atoms. The van der Waals surface area contributed by atoms with E-state index in [4.69, 9.17) is 23.8 Å². The van der Waals surface area contributed by atoms with E-state index in [2.05, 4.69) is 4.90 Å². The molecule has 6 heteroatoms. The molecule has 1 saturated carbocycles. The average molecular weight is 367 g/mol. The number of fused-ring (bicyclic) bond motifs is 1. The Morgan fingerprint density at radius 3 is 2.52 bits per heavy atom. The van der Waals surface area contributed by atoms with E-state index >= 15 is 0 Å². The number of rotatable bonds is 2. The lowest BCUT2D eigenvalue weighted by Gasteiger charge is -2.32. The van der Waals surface area contributed by atoms with Crippen molar-refractivity contribution in [3.05, 3.63) is 34.9 Å². The maximum absolute atomic E-state index is 12.9. The first kappa shape index (κ1) is 15.7. The molecule has 0 unspecified atom stereocenters. The topological polar surface area (TPSA) is 23.6 Å². The van der Waals surface area contributed by atoms with Crippen molar-refractivity contribution in [2.24, 2.45) is 0 Å². The molecule has 1 aromatic rings. The third-order valence-corrected chi connectivity index (χ3v) is 7.03. The zero-order chi connectivity index (χ0) is 16.0. The number of amides is 1. The monoisotopic (exact) mass is 366 g/mol. The summed E-state index contributed by atoms with van der Waals surface area (Å²) >= 11 is 13.5. The Morgan fingerprint density at radius 2 is 1.83 bits per heavy atom. The van der Waals surface area contributed by atoms with Gasteiger partial charge in [-0.15, -0.1) is 11.8 Å². The molecule has 2 atom stereocenters. The van der Waals surface area contributed by atoms with Crippen LogP contribution in [0.1, 0.15) is 43.0 Å². The molecule has 3 fully saturated rings. The van der Waals surface area contributed by atoms with Gasteiger partial charge >= 0.3 is 0 Å². The van der Waals surface area contributed by atoms with Crippen LogP contribution in [0.5, 0.6) is 0 Å². The second-order valence-electron chi connectivity index (χ2n) is 6.44. The predicted molar refractivity (Wildman–Crippen MR) is 98.6 cm³/mol. The molecule has 2 aliphatic heterocycles. The zero-order valence-corrected chi connectivity index (χ0v) is 15.2. The van der Waals surface area contributed by atoms with E-state index in [9.17, 15) is 4.79 Å². The number of halogens is 1. The van der Waals surface area contributed by atoms with Gasteiger partial charge in [-0.3, -0.25) is 9.69 Å². The van der Waals surface area contributed by atoms with Crippen molar-refractivity contribution < 1.29 is 4.79 Å². The van der Waals surface area contributed by atoms with Crippen LogP contribution >= 0.6 is 35.6 Å². The van der Waals surface area contributed by atoms with Crippen molar-refractivity contribution in [2.75, 3.05) is 5.75 Å². The van der Waals surface area contributed by atoms with E-state index in [1.54, 1.807) is 11.8 Å². The minimum Gasteiger partial charge on any atom is -0.320 e. The number of thiocarbonyl (C=S) groups is 1. The highest BCUT2D eigenvalue weighted by molar-refractivity contribution is 7.99. The first-order valence-electron chi connectivity index (χ1n) is 8.19. The Morgan fingerprint density at radius 1 is 1.13 bits per heavy atom. The van der Waals surface area contributed by atoms with Gasteiger partial charge in [0.25, 0.3) is 5.91 Å². The van der Waals surface area contributed by atoms with Gasteiger partial charge in [0.05, 0.1) is 0 Å². The van der Waals surface area contributed by atoms with Crippen molar-refractivity contribution in [1.82, 2.24) is 9.80 Å². The minimum atomic E-state index is -0.0879. The maximum atomic E-state index is 12.9. The highest BCUT2D eigenvalue weighted by Gasteiger charge is 2.52. The molecular weight excluding hydrogens is 348 g/mol. The average Bonchev–Trinajstić information content (AvgIpc) is 3.10. The number of carbonyl (C=O) groups excluding carboxylic acids is 1. The van der Waals surface area contributed by atoms with Gasteiger partial charge in [0.15, 0.2) is 5.11 Å². The van der Waals surface area contributed by atoms with Gasteiger partial charge in [-0.2, -0.15) is 0 Å². The van der Waals surface area contributed by atoms with Gasteiger partial charge in [0.1, 0.15) is 11.4 Å². The Kier molecular flexibility index (Phi) is 4.28. The highest BCUT2D eigenvalue weighted by atomic mass is 35.5. The van der Waals surface area contributed by atoms with Gasteiger partial charge < -0.3 is 4.90 Å². The fraction of sp³-hybridized carbons (Fsp3) is 0.529. The summed E-state index contributed by atoms with van der Waals surface area (Å²) in [7, 11) is 0. The normalized spacial score (nSPS) is 28.6. The van der Waals surface area contributed by atoms with E-state index in [0.29, 0.717) is 6.04 Å². The summed E-state index contributed by atoms with van der Waals surface area (Å²) in [6.45, 7) is 0. The lowest BCUT2D eigenvalue weighted by Crippen LogP contribution is -2.42. The standard InChI is InChI=1S/C17H19ClN2OS2/c18-12-8-6-11(7-9-12)16-20-14(10-23-16)15(21)19(17(20)22)13-4-2-1-3-5-13/h6-9,13-14,16H,1-5,10H2/t14-,16+/m0/s1. The summed E-state index contributed by atoms with van der Waals surface area (Å²) in [4.78, 5) is 17.0. The summed E-state index contributed by atoms with van der Waals surface area (Å²) in [6.07, 6.45) is 5.87. The Balaban J connectivity index is 1.60. The van der Waals surface area contributed by atoms with E-state index in [1.165, 1.54) is 24.8 Å². The molecule has 0 aromatic heterocycles. The van der Waals surface area contributed by atoms with E-state index < -0.39 is 0 Å². The predicted octanol–water partition coefficient (Wildman–Crippen LogP) is 4.22. The van der Waals surface area contributed by atoms with Crippen LogP contribution in [0.2, 0.25) is 5.02 Å². The Hall–Kier alpha value is -0.780. The maximum Gasteiger partial charge on any atom is 0.252 e. The van der Waals surface area contributed by atoms with Crippen molar-refractivity contribution in [3.63, 3.8) is 0 Å². The van der Waals surface area contributed by atoms with Crippen LogP contribution in [0.4, 0.5) is 0 Å². The number of hydrogen-bond acceptors (Lipinski definition) is 3. The number of carbonyl (C=O) groups is 1. The molecular formula is C17H19ClN2OS2. The quantitative estimate of drug-likeness (QED) is 0.731. The summed E-state index contributed by atoms with van der Waals surface area (Å²) in [5.41, 5.74) is 1.17. The van der Waals surface area contributed by atoms with E-state index in [1.807, 2.05) is 29.2 Å². The number of benzene rings is 1. The molecule has 0 bridgehead atoms. The summed E-state index contributed by atoms with van der Waals surface area (Å²) in [5.74, 6) is 1.03. The molecule has 2 saturated heterocycles. The fourth-order valence-corrected chi connectivity index (χ4v) is 5.96. The molecule has 0 radical (unpaired) electrons. The molecule has 3 aliphatic rings. The van der Waals surface area contributed by atoms with Crippen LogP contribution in [-0.4, -0.2) is 38.7 Å². The Bertz CT molecular complexity index is 630. The van der Waals surface area contributed by atoms with Gasteiger partial charge in [0, 0.05) is 16.8 Å². The first-order chi connectivity index (χ1) is 11.2. The Labute approximate surface area is 151 Å². The van der Waals surface area contributed by atoms with E-state index in [0.717, 1.165) is 28.7 Å². The van der Waals surface area contributed by atoms with Gasteiger partial charge in [-0.25, -0.2) is 0 Å². The third-order valence-electron chi connectivity index (χ3n) is 5.04. The zero-order valence-electron chi connectivity index (χ0n) is 12.8. The fourth-order valence-electron chi connectivity index (χ4n) is 3.87. The summed E-state index contributed by atoms with van der Waals surface area (Å²) < 4.78 is 0. The third kappa shape index (κ3) is 2.67. The smallest absolute Gasteiger partial charge is 0.252 e. The summed E-state index contributed by atoms with van der Waals surface area (Å²) in [6, 6.07) is 8.12. The lowest BCUT2D eigenvalue weighted by molar-refractivity contribution is -0.129. The largest absolute Gasteiger partial charge is 0.320 e. The minimum absolute atomic E-state index is 0.0879. The molecule has 4 rings (SSSR count). The van der Waals surface area contributed by atoms with Crippen LogP contribution in [0, 0.1) is 0 Å². The van der Waals surface area contributed by atoms with Gasteiger partial charge in [-0.05, 0) is 42.8 Å². The van der Waals surface area contributed by atoms with Gasteiger partial charge in [-0.1, -0.05) is 43.0 Å². The van der Waals surface area contributed by atoms with Crippen molar-refractivity contribution in [1.29, 1.82) is 0 Å².